The van der Waals surface area contributed by atoms with Crippen molar-refractivity contribution in [2.75, 3.05) is 20.8 Å². The number of nitrogens with zero attached hydrogens (tertiary/aromatic N) is 3. The Morgan fingerprint density at radius 1 is 1.11 bits per heavy atom. The van der Waals surface area contributed by atoms with E-state index >= 15 is 0 Å². The van der Waals surface area contributed by atoms with Crippen LogP contribution in [0.25, 0.3) is 22.6 Å². The van der Waals surface area contributed by atoms with Crippen LogP contribution in [0.15, 0.2) is 39.7 Å². The van der Waals surface area contributed by atoms with Gasteiger partial charge in [-0.15, -0.1) is 10.2 Å². The topological polar surface area (TPSA) is 106 Å². The van der Waals surface area contributed by atoms with Gasteiger partial charge in [0.1, 0.15) is 17.4 Å². The van der Waals surface area contributed by atoms with Crippen LogP contribution in [-0.4, -0.2) is 47.2 Å². The summed E-state index contributed by atoms with van der Waals surface area (Å²) in [5.41, 5.74) is -0.925. The van der Waals surface area contributed by atoms with Gasteiger partial charge in [-0.1, -0.05) is 11.6 Å². The average Bonchev–Trinajstić information content (AvgIpc) is 3.29. The fourth-order valence-electron chi connectivity index (χ4n) is 3.49. The SMILES string of the molecule is COCCC(C(=O)OC(C)(C)C)n1cc(OC)c(-c2cc(Cl)ccc2-c2nnc(C(F)(F)F)o2)cc1=O. The molecule has 0 N–H and O–H groups in total. The van der Waals surface area contributed by atoms with Gasteiger partial charge in [-0.2, -0.15) is 13.2 Å². The van der Waals surface area contributed by atoms with Gasteiger partial charge in [0.15, 0.2) is 0 Å². The number of hydrogen-bond donors (Lipinski definition) is 0. The number of carbonyl (C=O) groups is 1. The van der Waals surface area contributed by atoms with Crippen LogP contribution in [0, 0.1) is 0 Å². The van der Waals surface area contributed by atoms with Gasteiger partial charge in [-0.05, 0) is 44.5 Å². The first kappa shape index (κ1) is 28.2. The molecule has 1 unspecified atom stereocenters. The van der Waals surface area contributed by atoms with Crippen LogP contribution in [0.4, 0.5) is 13.2 Å². The molecule has 2 aromatic heterocycles. The summed E-state index contributed by atoms with van der Waals surface area (Å²) in [7, 11) is 2.80. The highest BCUT2D eigenvalue weighted by Crippen LogP contribution is 2.39. The van der Waals surface area contributed by atoms with Crippen molar-refractivity contribution >= 4 is 17.6 Å². The molecule has 0 aliphatic rings. The van der Waals surface area contributed by atoms with Crippen molar-refractivity contribution < 1.29 is 36.6 Å². The van der Waals surface area contributed by atoms with Gasteiger partial charge >= 0.3 is 18.0 Å². The summed E-state index contributed by atoms with van der Waals surface area (Å²) in [4.78, 5) is 26.2. The molecular formula is C24H25ClF3N3O6. The van der Waals surface area contributed by atoms with Crippen LogP contribution in [0.5, 0.6) is 5.75 Å². The fourth-order valence-corrected chi connectivity index (χ4v) is 3.66. The second-order valence-electron chi connectivity index (χ2n) is 8.93. The maximum absolute atomic E-state index is 13.3. The smallest absolute Gasteiger partial charge is 0.470 e. The molecule has 13 heteroatoms. The molecule has 1 atom stereocenters. The van der Waals surface area contributed by atoms with Crippen LogP contribution in [-0.2, 0) is 20.4 Å². The summed E-state index contributed by atoms with van der Waals surface area (Å²) in [6.45, 7) is 5.27. The van der Waals surface area contributed by atoms with Crippen molar-refractivity contribution in [3.8, 4) is 28.3 Å². The lowest BCUT2D eigenvalue weighted by atomic mass is 9.99. The summed E-state index contributed by atoms with van der Waals surface area (Å²) in [6.07, 6.45) is -3.38. The summed E-state index contributed by atoms with van der Waals surface area (Å²) >= 11 is 6.16. The molecule has 0 radical (unpaired) electrons. The number of benzene rings is 1. The second kappa shape index (κ2) is 10.9. The molecule has 0 aliphatic carbocycles. The monoisotopic (exact) mass is 543 g/mol. The number of aromatic nitrogens is 3. The lowest BCUT2D eigenvalue weighted by Crippen LogP contribution is -2.35. The summed E-state index contributed by atoms with van der Waals surface area (Å²) in [5.74, 6) is -2.47. The van der Waals surface area contributed by atoms with Crippen LogP contribution >= 0.6 is 11.6 Å². The molecule has 37 heavy (non-hydrogen) atoms. The minimum Gasteiger partial charge on any atom is -0.495 e. The fraction of sp³-hybridized carbons (Fsp3) is 0.417. The average molecular weight is 544 g/mol. The second-order valence-corrected chi connectivity index (χ2v) is 9.37. The Bertz CT molecular complexity index is 1330. The third-order valence-corrected chi connectivity index (χ3v) is 5.28. The minimum atomic E-state index is -4.84. The number of pyridine rings is 1. The number of methoxy groups -OCH3 is 2. The lowest BCUT2D eigenvalue weighted by molar-refractivity contribution is -0.160. The maximum Gasteiger partial charge on any atom is 0.470 e. The molecule has 200 valence electrons. The van der Waals surface area contributed by atoms with Gasteiger partial charge in [0.25, 0.3) is 5.56 Å². The van der Waals surface area contributed by atoms with Gasteiger partial charge in [-0.3, -0.25) is 9.36 Å². The first-order chi connectivity index (χ1) is 17.2. The zero-order valence-corrected chi connectivity index (χ0v) is 21.4. The van der Waals surface area contributed by atoms with E-state index in [1.54, 1.807) is 20.8 Å². The minimum absolute atomic E-state index is 0.0888. The number of rotatable bonds is 8. The number of halogens is 4. The van der Waals surface area contributed by atoms with Crippen molar-refractivity contribution in [3.05, 3.63) is 51.7 Å². The Kier molecular flexibility index (Phi) is 8.33. The molecule has 0 aliphatic heterocycles. The van der Waals surface area contributed by atoms with E-state index in [4.69, 9.17) is 30.2 Å². The maximum atomic E-state index is 13.3. The Balaban J connectivity index is 2.16. The first-order valence-electron chi connectivity index (χ1n) is 11.0. The Morgan fingerprint density at radius 3 is 2.38 bits per heavy atom. The predicted octanol–water partition coefficient (Wildman–Crippen LogP) is 5.17. The first-order valence-corrected chi connectivity index (χ1v) is 11.4. The zero-order valence-electron chi connectivity index (χ0n) is 20.7. The molecular weight excluding hydrogens is 519 g/mol. The standard InChI is InChI=1S/C24H25ClF3N3O6/c1-23(2,3)37-21(33)17(8-9-34-4)31-12-18(35-5)16(11-19(31)32)15-10-13(25)6-7-14(15)20-29-30-22(36-20)24(26,27)28/h6-7,10-12,17H,8-9H2,1-5H3. The van der Waals surface area contributed by atoms with E-state index in [0.29, 0.717) is 0 Å². The van der Waals surface area contributed by atoms with E-state index < -0.39 is 41.1 Å². The Labute approximate surface area is 215 Å². The molecule has 0 bridgehead atoms. The largest absolute Gasteiger partial charge is 0.495 e. The van der Waals surface area contributed by atoms with Gasteiger partial charge in [0.2, 0.25) is 5.89 Å². The van der Waals surface area contributed by atoms with Crippen LogP contribution in [0.3, 0.4) is 0 Å². The Hall–Kier alpha value is -3.38. The number of hydrogen-bond acceptors (Lipinski definition) is 8. The molecule has 9 nitrogen and oxygen atoms in total. The Morgan fingerprint density at radius 2 is 1.81 bits per heavy atom. The quantitative estimate of drug-likeness (QED) is 0.358. The van der Waals surface area contributed by atoms with Gasteiger partial charge in [0, 0.05) is 42.4 Å². The molecule has 0 spiro atoms. The highest BCUT2D eigenvalue weighted by Gasteiger charge is 2.38. The predicted molar refractivity (Wildman–Crippen MR) is 127 cm³/mol. The molecule has 1 aromatic carbocycles. The number of alkyl halides is 3. The molecule has 0 fully saturated rings. The third-order valence-electron chi connectivity index (χ3n) is 5.04. The highest BCUT2D eigenvalue weighted by atomic mass is 35.5. The van der Waals surface area contributed by atoms with Crippen molar-refractivity contribution in [2.24, 2.45) is 0 Å². The van der Waals surface area contributed by atoms with E-state index in [1.807, 2.05) is 0 Å². The van der Waals surface area contributed by atoms with Crippen LogP contribution < -0.4 is 10.3 Å². The van der Waals surface area contributed by atoms with Gasteiger partial charge in [0.05, 0.1) is 13.3 Å². The van der Waals surface area contributed by atoms with Crippen LogP contribution in [0.1, 0.15) is 39.1 Å². The van der Waals surface area contributed by atoms with Crippen molar-refractivity contribution in [2.45, 2.75) is 45.0 Å². The van der Waals surface area contributed by atoms with Crippen LogP contribution in [0.2, 0.25) is 5.02 Å². The number of ether oxygens (including phenoxy) is 3. The third kappa shape index (κ3) is 6.69. The molecule has 0 amide bonds. The molecule has 3 aromatic rings. The number of esters is 1. The van der Waals surface area contributed by atoms with Crippen molar-refractivity contribution in [1.82, 2.24) is 14.8 Å². The molecule has 0 saturated carbocycles. The lowest BCUT2D eigenvalue weighted by Gasteiger charge is -2.25. The normalized spacial score (nSPS) is 12.9. The van der Waals surface area contributed by atoms with E-state index in [2.05, 4.69) is 10.2 Å². The van der Waals surface area contributed by atoms with E-state index in [1.165, 1.54) is 44.7 Å². The van der Waals surface area contributed by atoms with Gasteiger partial charge < -0.3 is 18.6 Å². The summed E-state index contributed by atoms with van der Waals surface area (Å²) < 4.78 is 61.1. The number of carbonyl (C=O) groups excluding carboxylic acids is 1. The molecule has 2 heterocycles. The van der Waals surface area contributed by atoms with E-state index in [-0.39, 0.29) is 40.5 Å². The summed E-state index contributed by atoms with van der Waals surface area (Å²) in [5, 5.41) is 6.79. The van der Waals surface area contributed by atoms with E-state index in [0.717, 1.165) is 4.57 Å². The van der Waals surface area contributed by atoms with Crippen molar-refractivity contribution in [3.63, 3.8) is 0 Å². The zero-order chi connectivity index (χ0) is 27.5. The molecule has 0 saturated heterocycles. The highest BCUT2D eigenvalue weighted by molar-refractivity contribution is 6.31. The van der Waals surface area contributed by atoms with E-state index in [9.17, 15) is 22.8 Å². The molecule has 3 rings (SSSR count). The summed E-state index contributed by atoms with van der Waals surface area (Å²) in [6, 6.07) is 4.39. The van der Waals surface area contributed by atoms with Crippen molar-refractivity contribution in [1.29, 1.82) is 0 Å². The van der Waals surface area contributed by atoms with Gasteiger partial charge in [-0.25, -0.2) is 4.79 Å².